The van der Waals surface area contributed by atoms with Crippen LogP contribution in [0.2, 0.25) is 5.02 Å². The summed E-state index contributed by atoms with van der Waals surface area (Å²) < 4.78 is 28.6. The van der Waals surface area contributed by atoms with Gasteiger partial charge < -0.3 is 10.6 Å². The third-order valence-corrected chi connectivity index (χ3v) is 7.26. The second kappa shape index (κ2) is 8.75. The second-order valence-corrected chi connectivity index (χ2v) is 10.1. The maximum atomic E-state index is 13.0. The van der Waals surface area contributed by atoms with Gasteiger partial charge in [-0.3, -0.25) is 14.5 Å². The van der Waals surface area contributed by atoms with Crippen molar-refractivity contribution in [2.75, 3.05) is 14.1 Å². The predicted octanol–water partition coefficient (Wildman–Crippen LogP) is 2.30. The lowest BCUT2D eigenvalue weighted by Gasteiger charge is -2.24. The first-order valence-corrected chi connectivity index (χ1v) is 12.1. The molecule has 10 heteroatoms. The molecule has 2 heterocycles. The van der Waals surface area contributed by atoms with Crippen molar-refractivity contribution in [3.8, 4) is 0 Å². The standard InChI is InChI=1S/C23H23ClN4O4S/c1-4-17(28(2)3)27-33(31,32)16-7-5-6-14(12-16)21-19-18(22(29)26-21)20(25-23(19)30)13-8-10-15(24)11-9-13/h5-12,17,27H,4H2,1-3H3,(H,25,30)(H,26,29). The molecule has 2 aromatic carbocycles. The van der Waals surface area contributed by atoms with Gasteiger partial charge in [0, 0.05) is 10.6 Å². The second-order valence-electron chi connectivity index (χ2n) is 7.95. The third-order valence-electron chi connectivity index (χ3n) is 5.55. The van der Waals surface area contributed by atoms with Crippen molar-refractivity contribution in [2.45, 2.75) is 24.4 Å². The first-order valence-electron chi connectivity index (χ1n) is 10.3. The van der Waals surface area contributed by atoms with Crippen molar-refractivity contribution < 1.29 is 18.0 Å². The van der Waals surface area contributed by atoms with E-state index in [1.807, 2.05) is 6.92 Å². The Hall–Kier alpha value is -2.98. The number of benzene rings is 2. The molecule has 0 aliphatic carbocycles. The van der Waals surface area contributed by atoms with Gasteiger partial charge in [-0.2, -0.15) is 4.72 Å². The number of carbonyl (C=O) groups excluding carboxylic acids is 2. The smallest absolute Gasteiger partial charge is 0.258 e. The summed E-state index contributed by atoms with van der Waals surface area (Å²) in [4.78, 5) is 27.4. The molecule has 172 valence electrons. The van der Waals surface area contributed by atoms with Gasteiger partial charge in [-0.1, -0.05) is 42.8 Å². The van der Waals surface area contributed by atoms with E-state index < -0.39 is 21.8 Å². The summed E-state index contributed by atoms with van der Waals surface area (Å²) in [5, 5.41) is 6.03. The highest BCUT2D eigenvalue weighted by Crippen LogP contribution is 2.37. The van der Waals surface area contributed by atoms with Gasteiger partial charge in [0.1, 0.15) is 0 Å². The molecule has 0 bridgehead atoms. The minimum atomic E-state index is -3.83. The summed E-state index contributed by atoms with van der Waals surface area (Å²) in [5.41, 5.74) is 2.13. The molecule has 2 aliphatic heterocycles. The van der Waals surface area contributed by atoms with Gasteiger partial charge >= 0.3 is 0 Å². The molecule has 4 rings (SSSR count). The van der Waals surface area contributed by atoms with Gasteiger partial charge in [0.2, 0.25) is 10.0 Å². The number of fused-ring (bicyclic) bond motifs is 1. The van der Waals surface area contributed by atoms with Crippen LogP contribution in [0.1, 0.15) is 24.5 Å². The van der Waals surface area contributed by atoms with E-state index in [1.165, 1.54) is 12.1 Å². The molecule has 0 spiro atoms. The summed E-state index contributed by atoms with van der Waals surface area (Å²) in [6, 6.07) is 12.9. The zero-order valence-corrected chi connectivity index (χ0v) is 19.8. The third kappa shape index (κ3) is 4.32. The van der Waals surface area contributed by atoms with Crippen molar-refractivity contribution in [2.24, 2.45) is 0 Å². The highest BCUT2D eigenvalue weighted by atomic mass is 35.5. The molecule has 0 fully saturated rings. The monoisotopic (exact) mass is 486 g/mol. The molecule has 8 nitrogen and oxygen atoms in total. The molecule has 0 saturated heterocycles. The van der Waals surface area contributed by atoms with E-state index in [9.17, 15) is 18.0 Å². The van der Waals surface area contributed by atoms with Crippen LogP contribution in [0, 0.1) is 0 Å². The zero-order chi connectivity index (χ0) is 23.9. The molecular formula is C23H23ClN4O4S. The van der Waals surface area contributed by atoms with Crippen LogP contribution in [0.4, 0.5) is 0 Å². The van der Waals surface area contributed by atoms with Crippen molar-refractivity contribution in [1.82, 2.24) is 20.3 Å². The summed E-state index contributed by atoms with van der Waals surface area (Å²) in [7, 11) is -0.247. The normalized spacial score (nSPS) is 16.9. The Morgan fingerprint density at radius 1 is 0.939 bits per heavy atom. The molecule has 33 heavy (non-hydrogen) atoms. The zero-order valence-electron chi connectivity index (χ0n) is 18.3. The lowest BCUT2D eigenvalue weighted by molar-refractivity contribution is -0.117. The van der Waals surface area contributed by atoms with E-state index in [0.29, 0.717) is 28.3 Å². The minimum absolute atomic E-state index is 0.0383. The molecule has 0 radical (unpaired) electrons. The quantitative estimate of drug-likeness (QED) is 0.520. The van der Waals surface area contributed by atoms with Crippen LogP contribution in [0.3, 0.4) is 0 Å². The first-order chi connectivity index (χ1) is 15.6. The van der Waals surface area contributed by atoms with E-state index in [4.69, 9.17) is 11.6 Å². The topological polar surface area (TPSA) is 108 Å². The van der Waals surface area contributed by atoms with Crippen LogP contribution >= 0.6 is 11.6 Å². The number of carbonyl (C=O) groups is 2. The molecule has 1 atom stereocenters. The van der Waals surface area contributed by atoms with Gasteiger partial charge in [-0.05, 0) is 50.3 Å². The Kier molecular flexibility index (Phi) is 6.15. The average molecular weight is 487 g/mol. The van der Waals surface area contributed by atoms with Gasteiger partial charge in [0.25, 0.3) is 11.8 Å². The van der Waals surface area contributed by atoms with E-state index in [0.717, 1.165) is 0 Å². The van der Waals surface area contributed by atoms with Crippen molar-refractivity contribution in [1.29, 1.82) is 0 Å². The fraction of sp³-hybridized carbons (Fsp3) is 0.217. The fourth-order valence-electron chi connectivity index (χ4n) is 3.85. The van der Waals surface area contributed by atoms with Crippen molar-refractivity contribution in [3.63, 3.8) is 0 Å². The average Bonchev–Trinajstić information content (AvgIpc) is 3.31. The highest BCUT2D eigenvalue weighted by molar-refractivity contribution is 7.89. The Labute approximate surface area is 197 Å². The number of amides is 2. The lowest BCUT2D eigenvalue weighted by Crippen LogP contribution is -2.44. The summed E-state index contributed by atoms with van der Waals surface area (Å²) >= 11 is 5.95. The van der Waals surface area contributed by atoms with Crippen LogP contribution in [-0.2, 0) is 19.6 Å². The highest BCUT2D eigenvalue weighted by Gasteiger charge is 2.41. The molecule has 0 aromatic heterocycles. The molecule has 2 aliphatic rings. The number of hydrogen-bond donors (Lipinski definition) is 3. The van der Waals surface area contributed by atoms with Gasteiger partial charge in [0.05, 0.1) is 33.6 Å². The van der Waals surface area contributed by atoms with E-state index >= 15 is 0 Å². The van der Waals surface area contributed by atoms with Crippen LogP contribution in [0.5, 0.6) is 0 Å². The van der Waals surface area contributed by atoms with Crippen molar-refractivity contribution >= 4 is 44.8 Å². The van der Waals surface area contributed by atoms with Gasteiger partial charge in [-0.15, -0.1) is 0 Å². The van der Waals surface area contributed by atoms with E-state index in [2.05, 4.69) is 15.4 Å². The van der Waals surface area contributed by atoms with E-state index in [-0.39, 0.29) is 27.9 Å². The van der Waals surface area contributed by atoms with Crippen LogP contribution in [-0.4, -0.2) is 45.4 Å². The lowest BCUT2D eigenvalue weighted by atomic mass is 10.0. The Morgan fingerprint density at radius 3 is 2.06 bits per heavy atom. The predicted molar refractivity (Wildman–Crippen MR) is 126 cm³/mol. The SMILES string of the molecule is CCC(NS(=O)(=O)c1cccc(C2=C3C(=O)NC(c4ccc(Cl)cc4)=C3C(=O)N2)c1)N(C)C. The maximum Gasteiger partial charge on any atom is 0.258 e. The molecule has 1 unspecified atom stereocenters. The van der Waals surface area contributed by atoms with Crippen LogP contribution < -0.4 is 15.4 Å². The minimum Gasteiger partial charge on any atom is -0.321 e. The number of rotatable bonds is 7. The van der Waals surface area contributed by atoms with Gasteiger partial charge in [0.15, 0.2) is 0 Å². The largest absolute Gasteiger partial charge is 0.321 e. The summed E-state index contributed by atoms with van der Waals surface area (Å²) in [6.45, 7) is 1.88. The number of hydrogen-bond acceptors (Lipinski definition) is 5. The number of nitrogens with one attached hydrogen (secondary N) is 3. The Balaban J connectivity index is 1.76. The Morgan fingerprint density at radius 2 is 1.52 bits per heavy atom. The number of nitrogens with zero attached hydrogens (tertiary/aromatic N) is 1. The summed E-state index contributed by atoms with van der Waals surface area (Å²) in [6.07, 6.45) is 0.211. The van der Waals surface area contributed by atoms with Crippen LogP contribution in [0.25, 0.3) is 11.4 Å². The molecule has 3 N–H and O–H groups in total. The molecule has 0 saturated carbocycles. The molecule has 2 amide bonds. The van der Waals surface area contributed by atoms with E-state index in [1.54, 1.807) is 55.4 Å². The summed E-state index contributed by atoms with van der Waals surface area (Å²) in [5.74, 6) is -0.873. The number of sulfonamides is 1. The number of halogens is 1. The fourth-order valence-corrected chi connectivity index (χ4v) is 5.39. The van der Waals surface area contributed by atoms with Crippen molar-refractivity contribution in [3.05, 3.63) is 75.8 Å². The molecule has 2 aromatic rings. The van der Waals surface area contributed by atoms with Crippen LogP contribution in [0.15, 0.2) is 64.6 Å². The molecular weight excluding hydrogens is 464 g/mol. The first kappa shape index (κ1) is 23.2. The Bertz CT molecular complexity index is 1310. The maximum absolute atomic E-state index is 13.0. The van der Waals surface area contributed by atoms with Gasteiger partial charge in [-0.25, -0.2) is 8.42 Å².